The Morgan fingerprint density at radius 2 is 2.15 bits per heavy atom. The number of hydrogen-bond acceptors (Lipinski definition) is 4. The average molecular weight is 185 g/mol. The first-order chi connectivity index (χ1) is 6.11. The number of rotatable bonds is 5. The first-order valence-corrected chi connectivity index (χ1v) is 4.34. The highest BCUT2D eigenvalue weighted by atomic mass is 16.5. The van der Waals surface area contributed by atoms with E-state index in [2.05, 4.69) is 4.99 Å². The molecule has 1 unspecified atom stereocenters. The van der Waals surface area contributed by atoms with Crippen molar-refractivity contribution in [2.24, 2.45) is 10.9 Å². The van der Waals surface area contributed by atoms with Gasteiger partial charge in [0.2, 0.25) is 6.08 Å². The lowest BCUT2D eigenvalue weighted by Gasteiger charge is -2.12. The summed E-state index contributed by atoms with van der Waals surface area (Å²) in [5.74, 6) is -0.175. The highest BCUT2D eigenvalue weighted by Gasteiger charge is 2.17. The van der Waals surface area contributed by atoms with E-state index < -0.39 is 0 Å². The highest BCUT2D eigenvalue weighted by Crippen LogP contribution is 2.10. The summed E-state index contributed by atoms with van der Waals surface area (Å²) in [5, 5.41) is 0. The molecular formula is C9H15NO3. The second-order valence-electron chi connectivity index (χ2n) is 3.04. The van der Waals surface area contributed by atoms with Gasteiger partial charge in [-0.3, -0.25) is 4.79 Å². The predicted molar refractivity (Wildman–Crippen MR) is 48.0 cm³/mol. The molecule has 0 aromatic carbocycles. The molecule has 0 aromatic rings. The minimum Gasteiger partial charge on any atom is -0.466 e. The van der Waals surface area contributed by atoms with Crippen LogP contribution in [0.2, 0.25) is 0 Å². The lowest BCUT2D eigenvalue weighted by atomic mass is 10.0. The Morgan fingerprint density at radius 1 is 1.54 bits per heavy atom. The Labute approximate surface area is 78.0 Å². The fraction of sp³-hybridized carbons (Fsp3) is 0.778. The van der Waals surface area contributed by atoms with Crippen molar-refractivity contribution in [3.05, 3.63) is 0 Å². The zero-order chi connectivity index (χ0) is 10.3. The van der Waals surface area contributed by atoms with E-state index in [1.807, 2.05) is 13.8 Å². The molecule has 0 aliphatic carbocycles. The fourth-order valence-electron chi connectivity index (χ4n) is 0.889. The van der Waals surface area contributed by atoms with Crippen molar-refractivity contribution in [1.82, 2.24) is 0 Å². The molecule has 0 amide bonds. The Kier molecular flexibility index (Phi) is 5.81. The number of esters is 1. The van der Waals surface area contributed by atoms with Gasteiger partial charge in [-0.05, 0) is 12.8 Å². The monoisotopic (exact) mass is 185 g/mol. The van der Waals surface area contributed by atoms with Crippen LogP contribution < -0.4 is 0 Å². The molecular weight excluding hydrogens is 170 g/mol. The molecule has 0 N–H and O–H groups in total. The van der Waals surface area contributed by atoms with Crippen molar-refractivity contribution in [1.29, 1.82) is 0 Å². The molecule has 1 atom stereocenters. The van der Waals surface area contributed by atoms with Gasteiger partial charge in [0.25, 0.3) is 0 Å². The quantitative estimate of drug-likeness (QED) is 0.368. The Bertz CT molecular complexity index is 207. The minimum atomic E-state index is -0.319. The van der Waals surface area contributed by atoms with Gasteiger partial charge in [0.15, 0.2) is 0 Å². The van der Waals surface area contributed by atoms with Crippen molar-refractivity contribution in [3.63, 3.8) is 0 Å². The normalized spacial score (nSPS) is 12.0. The zero-order valence-corrected chi connectivity index (χ0v) is 8.24. The Hall–Kier alpha value is -1.15. The lowest BCUT2D eigenvalue weighted by molar-refractivity contribution is -0.143. The highest BCUT2D eigenvalue weighted by molar-refractivity contribution is 5.70. The van der Waals surface area contributed by atoms with Gasteiger partial charge in [-0.15, -0.1) is 0 Å². The molecule has 0 heterocycles. The van der Waals surface area contributed by atoms with E-state index in [0.29, 0.717) is 6.61 Å². The van der Waals surface area contributed by atoms with Crippen LogP contribution >= 0.6 is 0 Å². The second-order valence-corrected chi connectivity index (χ2v) is 3.04. The Morgan fingerprint density at radius 3 is 2.54 bits per heavy atom. The van der Waals surface area contributed by atoms with E-state index in [4.69, 9.17) is 4.74 Å². The molecule has 0 aliphatic heterocycles. The van der Waals surface area contributed by atoms with Gasteiger partial charge in [-0.25, -0.2) is 9.79 Å². The molecule has 74 valence electrons. The van der Waals surface area contributed by atoms with E-state index in [9.17, 15) is 9.59 Å². The van der Waals surface area contributed by atoms with Crippen LogP contribution in [-0.4, -0.2) is 24.7 Å². The van der Waals surface area contributed by atoms with E-state index in [0.717, 1.165) is 0 Å². The minimum absolute atomic E-state index is 0.144. The standard InChI is InChI=1S/C9H15NO3/c1-4-13-9(12)5-8(7(2)3)10-6-11/h7-8H,4-5H2,1-3H3. The summed E-state index contributed by atoms with van der Waals surface area (Å²) >= 11 is 0. The molecule has 13 heavy (non-hydrogen) atoms. The molecule has 0 aliphatic rings. The van der Waals surface area contributed by atoms with Crippen LogP contribution in [0.4, 0.5) is 0 Å². The maximum atomic E-state index is 11.0. The van der Waals surface area contributed by atoms with Crippen molar-refractivity contribution in [2.75, 3.05) is 6.61 Å². The summed E-state index contributed by atoms with van der Waals surface area (Å²) in [6.07, 6.45) is 1.62. The third-order valence-corrected chi connectivity index (χ3v) is 1.67. The number of ether oxygens (including phenoxy) is 1. The van der Waals surface area contributed by atoms with Gasteiger partial charge >= 0.3 is 5.97 Å². The summed E-state index contributed by atoms with van der Waals surface area (Å²) in [6.45, 7) is 5.88. The van der Waals surface area contributed by atoms with E-state index >= 15 is 0 Å². The topological polar surface area (TPSA) is 55.7 Å². The van der Waals surface area contributed by atoms with Crippen molar-refractivity contribution in [2.45, 2.75) is 33.2 Å². The molecule has 0 saturated heterocycles. The van der Waals surface area contributed by atoms with Gasteiger partial charge < -0.3 is 4.74 Å². The predicted octanol–water partition coefficient (Wildman–Crippen LogP) is 1.30. The van der Waals surface area contributed by atoms with Crippen LogP contribution in [0.3, 0.4) is 0 Å². The van der Waals surface area contributed by atoms with Gasteiger partial charge in [0.1, 0.15) is 0 Å². The largest absolute Gasteiger partial charge is 0.466 e. The number of carbonyl (C=O) groups excluding carboxylic acids is 2. The molecule has 0 rings (SSSR count). The smallest absolute Gasteiger partial charge is 0.307 e. The summed E-state index contributed by atoms with van der Waals surface area (Å²) in [4.78, 5) is 24.6. The summed E-state index contributed by atoms with van der Waals surface area (Å²) < 4.78 is 4.74. The van der Waals surface area contributed by atoms with Crippen LogP contribution in [0.1, 0.15) is 27.2 Å². The molecule has 0 fully saturated rings. The molecule has 0 spiro atoms. The summed E-state index contributed by atoms with van der Waals surface area (Å²) in [7, 11) is 0. The van der Waals surface area contributed by atoms with Crippen molar-refractivity contribution < 1.29 is 14.3 Å². The molecule has 0 radical (unpaired) electrons. The maximum Gasteiger partial charge on any atom is 0.307 e. The number of isocyanates is 1. The second kappa shape index (κ2) is 6.38. The zero-order valence-electron chi connectivity index (χ0n) is 8.24. The number of nitrogens with zero attached hydrogens (tertiary/aromatic N) is 1. The van der Waals surface area contributed by atoms with Gasteiger partial charge in [0, 0.05) is 0 Å². The molecule has 4 heteroatoms. The average Bonchev–Trinajstić information content (AvgIpc) is 2.04. The van der Waals surface area contributed by atoms with Crippen molar-refractivity contribution >= 4 is 12.0 Å². The van der Waals surface area contributed by atoms with Crippen LogP contribution in [0.25, 0.3) is 0 Å². The van der Waals surface area contributed by atoms with Crippen molar-refractivity contribution in [3.8, 4) is 0 Å². The molecule has 0 bridgehead atoms. The van der Waals surface area contributed by atoms with E-state index in [1.54, 1.807) is 6.92 Å². The van der Waals surface area contributed by atoms with Crippen LogP contribution in [0.15, 0.2) is 4.99 Å². The van der Waals surface area contributed by atoms with Crippen LogP contribution in [-0.2, 0) is 14.3 Å². The lowest BCUT2D eigenvalue weighted by Crippen LogP contribution is -2.19. The first-order valence-electron chi connectivity index (χ1n) is 4.34. The van der Waals surface area contributed by atoms with Crippen LogP contribution in [0, 0.1) is 5.92 Å². The van der Waals surface area contributed by atoms with Crippen LogP contribution in [0.5, 0.6) is 0 Å². The molecule has 0 aromatic heterocycles. The van der Waals surface area contributed by atoms with Gasteiger partial charge in [0.05, 0.1) is 19.1 Å². The third-order valence-electron chi connectivity index (χ3n) is 1.67. The fourth-order valence-corrected chi connectivity index (χ4v) is 0.889. The van der Waals surface area contributed by atoms with E-state index in [1.165, 1.54) is 6.08 Å². The third kappa shape index (κ3) is 5.15. The Balaban J connectivity index is 4.09. The maximum absolute atomic E-state index is 11.0. The number of aliphatic imine (C=N–C) groups is 1. The number of carbonyl (C=O) groups is 1. The SMILES string of the molecule is CCOC(=O)CC(N=C=O)C(C)C. The van der Waals surface area contributed by atoms with Gasteiger partial charge in [-0.1, -0.05) is 13.8 Å². The summed E-state index contributed by atoms with van der Waals surface area (Å²) in [6, 6.07) is -0.309. The first kappa shape index (κ1) is 11.8. The van der Waals surface area contributed by atoms with Gasteiger partial charge in [-0.2, -0.15) is 0 Å². The molecule has 0 saturated carbocycles. The van der Waals surface area contributed by atoms with E-state index in [-0.39, 0.29) is 24.3 Å². The molecule has 4 nitrogen and oxygen atoms in total. The number of hydrogen-bond donors (Lipinski definition) is 0. The summed E-state index contributed by atoms with van der Waals surface area (Å²) in [5.41, 5.74) is 0.